The molecule has 248 valence electrons. The van der Waals surface area contributed by atoms with Crippen LogP contribution in [0.2, 0.25) is 0 Å². The van der Waals surface area contributed by atoms with E-state index in [1.54, 1.807) is 0 Å². The van der Waals surface area contributed by atoms with Crippen molar-refractivity contribution >= 4 is 29.4 Å². The largest absolute Gasteiger partial charge is 0.483 e. The molecule has 3 fully saturated rings. The Morgan fingerprint density at radius 3 is 2.78 bits per heavy atom. The van der Waals surface area contributed by atoms with Crippen LogP contribution in [0.4, 0.5) is 5.82 Å². The lowest BCUT2D eigenvalue weighted by Gasteiger charge is -2.31. The Kier molecular flexibility index (Phi) is 9.91. The zero-order valence-electron chi connectivity index (χ0n) is 27.5. The van der Waals surface area contributed by atoms with Crippen LogP contribution < -0.4 is 15.1 Å². The number of nitrogens with one attached hydrogen (secondary N) is 1. The van der Waals surface area contributed by atoms with Crippen LogP contribution in [0.3, 0.4) is 0 Å². The first-order chi connectivity index (χ1) is 22.3. The fourth-order valence-electron chi connectivity index (χ4n) is 7.74. The summed E-state index contributed by atoms with van der Waals surface area (Å²) in [4.78, 5) is 23.2. The summed E-state index contributed by atoms with van der Waals surface area (Å²) >= 11 is 0. The van der Waals surface area contributed by atoms with Gasteiger partial charge >= 0.3 is 6.01 Å². The maximum absolute atomic E-state index is 8.36. The van der Waals surface area contributed by atoms with Crippen LogP contribution in [0.25, 0.3) is 10.9 Å². The van der Waals surface area contributed by atoms with E-state index in [-0.39, 0.29) is 23.5 Å². The van der Waals surface area contributed by atoms with Gasteiger partial charge in [0.1, 0.15) is 12.4 Å². The molecule has 5 aliphatic rings. The van der Waals surface area contributed by atoms with Gasteiger partial charge in [0.15, 0.2) is 0 Å². The van der Waals surface area contributed by atoms with Gasteiger partial charge in [-0.15, -0.1) is 0 Å². The fraction of sp³-hybridized carbons (Fsp3) is 0.600. The molecule has 0 radical (unpaired) electrons. The van der Waals surface area contributed by atoms with Crippen LogP contribution >= 0.6 is 0 Å². The number of rotatable bonds is 9. The molecule has 2 unspecified atom stereocenters. The second-order valence-electron chi connectivity index (χ2n) is 13.6. The average molecular weight is 633 g/mol. The molecule has 0 bridgehead atoms. The second kappa shape index (κ2) is 14.1. The number of hydrogen-bond donors (Lipinski definition) is 2. The third-order valence-corrected chi connectivity index (χ3v) is 10.3. The Balaban J connectivity index is 0.00000119. The van der Waals surface area contributed by atoms with Crippen molar-refractivity contribution in [2.75, 3.05) is 57.5 Å². The van der Waals surface area contributed by atoms with Gasteiger partial charge in [-0.05, 0) is 103 Å². The Hall–Kier alpha value is -3.54. The predicted octanol–water partition coefficient (Wildman–Crippen LogP) is 4.85. The summed E-state index contributed by atoms with van der Waals surface area (Å²) in [5.41, 5.74) is 9.49. The summed E-state index contributed by atoms with van der Waals surface area (Å²) in [7, 11) is 0. The summed E-state index contributed by atoms with van der Waals surface area (Å²) < 4.78 is 18.9. The van der Waals surface area contributed by atoms with Gasteiger partial charge in [0.2, 0.25) is 0 Å². The van der Waals surface area contributed by atoms with Crippen molar-refractivity contribution < 1.29 is 24.1 Å². The van der Waals surface area contributed by atoms with Crippen molar-refractivity contribution in [2.45, 2.75) is 77.4 Å². The highest BCUT2D eigenvalue weighted by atomic mass is 16.5. The van der Waals surface area contributed by atoms with Gasteiger partial charge in [0, 0.05) is 42.4 Å². The predicted molar refractivity (Wildman–Crippen MR) is 178 cm³/mol. The minimum Gasteiger partial charge on any atom is -0.483 e. The topological polar surface area (TPSA) is 122 Å². The Morgan fingerprint density at radius 2 is 1.98 bits per heavy atom. The molecule has 11 heteroatoms. The number of hydrogen-bond acceptors (Lipinski definition) is 10. The smallest absolute Gasteiger partial charge is 0.319 e. The lowest BCUT2D eigenvalue weighted by molar-refractivity contribution is -0.122. The van der Waals surface area contributed by atoms with Crippen LogP contribution in [0, 0.1) is 12.3 Å². The zero-order valence-corrected chi connectivity index (χ0v) is 27.5. The molecule has 0 saturated carbocycles. The van der Waals surface area contributed by atoms with Gasteiger partial charge < -0.3 is 24.2 Å². The molecular formula is C35H48N6O5. The number of anilines is 1. The highest BCUT2D eigenvalue weighted by molar-refractivity contribution is 5.90. The quantitative estimate of drug-likeness (QED) is 0.293. The van der Waals surface area contributed by atoms with E-state index in [0.29, 0.717) is 32.4 Å². The number of nitrogens with zero attached hydrogens (tertiary/aromatic N) is 5. The van der Waals surface area contributed by atoms with Crippen LogP contribution in [0.5, 0.6) is 6.01 Å². The third kappa shape index (κ3) is 6.91. The Labute approximate surface area is 271 Å². The molecule has 4 aliphatic heterocycles. The van der Waals surface area contributed by atoms with E-state index in [1.165, 1.54) is 61.2 Å². The molecule has 5 heterocycles. The van der Waals surface area contributed by atoms with E-state index in [9.17, 15) is 0 Å². The van der Waals surface area contributed by atoms with Crippen molar-refractivity contribution in [1.29, 1.82) is 0 Å². The first kappa shape index (κ1) is 32.4. The molecule has 2 atom stereocenters. The van der Waals surface area contributed by atoms with Gasteiger partial charge in [-0.1, -0.05) is 17.2 Å². The summed E-state index contributed by atoms with van der Waals surface area (Å²) in [6.07, 6.45) is 12.2. The lowest BCUT2D eigenvalue weighted by Crippen LogP contribution is -2.43. The first-order valence-electron chi connectivity index (χ1n) is 16.7. The van der Waals surface area contributed by atoms with E-state index < -0.39 is 0 Å². The summed E-state index contributed by atoms with van der Waals surface area (Å²) in [5.74, 6) is 0.914. The molecule has 0 spiro atoms. The molecule has 11 nitrogen and oxygen atoms in total. The van der Waals surface area contributed by atoms with E-state index in [0.717, 1.165) is 49.1 Å². The normalized spacial score (nSPS) is 25.3. The molecule has 2 N–H and O–H groups in total. The minimum atomic E-state index is -0.250. The number of carboxylic acid groups (broad SMARTS) is 1. The number of aromatic nitrogens is 2. The molecule has 46 heavy (non-hydrogen) atoms. The average Bonchev–Trinajstić information content (AvgIpc) is 3.67. The Morgan fingerprint density at radius 1 is 1.17 bits per heavy atom. The molecule has 2 aromatic rings. The number of ether oxygens (including phenoxy) is 3. The van der Waals surface area contributed by atoms with Crippen LogP contribution in [0.15, 0.2) is 46.2 Å². The van der Waals surface area contributed by atoms with Gasteiger partial charge in [-0.3, -0.25) is 15.1 Å². The number of aryl methyl sites for hydroxylation is 1. The van der Waals surface area contributed by atoms with E-state index in [4.69, 9.17) is 34.1 Å². The van der Waals surface area contributed by atoms with Crippen molar-refractivity contribution in [3.8, 4) is 6.01 Å². The highest BCUT2D eigenvalue weighted by Gasteiger charge is 2.45. The van der Waals surface area contributed by atoms with E-state index in [1.807, 2.05) is 6.21 Å². The van der Waals surface area contributed by atoms with E-state index in [2.05, 4.69) is 65.4 Å². The molecular weight excluding hydrogens is 584 g/mol. The molecule has 7 rings (SSSR count). The molecule has 0 amide bonds. The summed E-state index contributed by atoms with van der Waals surface area (Å²) in [6, 6.07) is 6.90. The molecule has 3 saturated heterocycles. The third-order valence-electron chi connectivity index (χ3n) is 10.3. The monoisotopic (exact) mass is 632 g/mol. The maximum Gasteiger partial charge on any atom is 0.319 e. The highest BCUT2D eigenvalue weighted by Crippen LogP contribution is 2.41. The van der Waals surface area contributed by atoms with Gasteiger partial charge in [0.25, 0.3) is 6.47 Å². The standard InChI is InChI=1S/C34H46N6O3.CH2O2/c1-24-8-9-28-29(17-24)36-32(43-23-34-10-5-12-40(34)13-6-11-34)37-31(28)39-14-16-41-21-27(20-39)42-15-4-7-26-19-33(3)22-35-38-30(33)18-25(26)2;2-1-3/h8-9,17-18,22,27,38H,4-7,10-16,19-21,23H2,1-3H3;1H,(H,2,3). The number of hydrazone groups is 1. The van der Waals surface area contributed by atoms with Crippen LogP contribution in [-0.4, -0.2) is 96.9 Å². The number of carbonyl (C=O) groups is 1. The molecule has 1 aromatic heterocycles. The second-order valence-corrected chi connectivity index (χ2v) is 13.6. The molecule has 1 aliphatic carbocycles. The summed E-state index contributed by atoms with van der Waals surface area (Å²) in [6.45, 7) is 12.8. The first-order valence-corrected chi connectivity index (χ1v) is 16.7. The van der Waals surface area contributed by atoms with Crippen molar-refractivity contribution in [1.82, 2.24) is 20.3 Å². The van der Waals surface area contributed by atoms with Gasteiger partial charge in [-0.25, -0.2) is 0 Å². The number of benzene rings is 1. The number of allylic oxidation sites excluding steroid dienone is 4. The van der Waals surface area contributed by atoms with Crippen LogP contribution in [0.1, 0.15) is 64.4 Å². The van der Waals surface area contributed by atoms with Crippen LogP contribution in [-0.2, 0) is 14.3 Å². The van der Waals surface area contributed by atoms with Crippen molar-refractivity contribution in [3.05, 3.63) is 46.7 Å². The Bertz CT molecular complexity index is 1500. The molecule has 1 aromatic carbocycles. The van der Waals surface area contributed by atoms with Gasteiger partial charge in [-0.2, -0.15) is 15.1 Å². The zero-order chi connectivity index (χ0) is 32.1. The fourth-order valence-corrected chi connectivity index (χ4v) is 7.74. The minimum absolute atomic E-state index is 0.00000952. The van der Waals surface area contributed by atoms with Crippen molar-refractivity contribution in [2.24, 2.45) is 10.5 Å². The number of fused-ring (bicyclic) bond motifs is 3. The lowest BCUT2D eigenvalue weighted by atomic mass is 9.76. The SMILES string of the molecule is CC1=C(CCCOC2COCCN(c3nc(OCC45CCCN4CCC5)nc4cc(C)ccc34)C2)CC2(C)C=NNC2=C1.O=CO. The van der Waals surface area contributed by atoms with Gasteiger partial charge in [0.05, 0.1) is 30.4 Å². The van der Waals surface area contributed by atoms with Crippen molar-refractivity contribution in [3.63, 3.8) is 0 Å². The summed E-state index contributed by atoms with van der Waals surface area (Å²) in [5, 5.41) is 12.2. The maximum atomic E-state index is 8.36. The van der Waals surface area contributed by atoms with E-state index >= 15 is 0 Å².